The Morgan fingerprint density at radius 2 is 1.50 bits per heavy atom. The molecule has 22 heavy (non-hydrogen) atoms. The molecule has 0 saturated carbocycles. The highest BCUT2D eigenvalue weighted by atomic mass is 19.4. The van der Waals surface area contributed by atoms with Crippen LogP contribution in [0.15, 0.2) is 42.5 Å². The molecule has 118 valence electrons. The highest BCUT2D eigenvalue weighted by Gasteiger charge is 2.29. The van der Waals surface area contributed by atoms with Gasteiger partial charge < -0.3 is 14.9 Å². The van der Waals surface area contributed by atoms with E-state index < -0.39 is 11.7 Å². The molecule has 2 aromatic rings. The number of aliphatic hydroxyl groups excluding tert-OH is 2. The summed E-state index contributed by atoms with van der Waals surface area (Å²) in [7, 11) is 0. The molecule has 3 nitrogen and oxygen atoms in total. The number of alkyl halides is 3. The molecule has 0 saturated heterocycles. The van der Waals surface area contributed by atoms with Gasteiger partial charge in [0.25, 0.3) is 0 Å². The molecule has 0 atom stereocenters. The largest absolute Gasteiger partial charge is 0.489 e. The van der Waals surface area contributed by atoms with Crippen molar-refractivity contribution in [2.24, 2.45) is 0 Å². The fourth-order valence-electron chi connectivity index (χ4n) is 1.95. The lowest BCUT2D eigenvalue weighted by molar-refractivity contribution is -0.137. The molecule has 0 aromatic heterocycles. The van der Waals surface area contributed by atoms with E-state index in [4.69, 9.17) is 9.84 Å². The topological polar surface area (TPSA) is 49.7 Å². The predicted octanol–water partition coefficient (Wildman–Crippen LogP) is 3.27. The zero-order chi connectivity index (χ0) is 16.2. The lowest BCUT2D eigenvalue weighted by Crippen LogP contribution is -2.05. The van der Waals surface area contributed by atoms with Crippen molar-refractivity contribution in [3.8, 4) is 5.75 Å². The van der Waals surface area contributed by atoms with Gasteiger partial charge in [-0.05, 0) is 41.0 Å². The monoisotopic (exact) mass is 312 g/mol. The van der Waals surface area contributed by atoms with Gasteiger partial charge in [0.2, 0.25) is 0 Å². The molecule has 2 aromatic carbocycles. The Hall–Kier alpha value is -2.05. The van der Waals surface area contributed by atoms with Crippen LogP contribution < -0.4 is 4.74 Å². The molecule has 0 aliphatic heterocycles. The van der Waals surface area contributed by atoms with Crippen LogP contribution in [0.5, 0.6) is 5.75 Å². The molecule has 0 aliphatic carbocycles. The Bertz CT molecular complexity index is 622. The molecular weight excluding hydrogens is 297 g/mol. The van der Waals surface area contributed by atoms with Crippen molar-refractivity contribution in [1.29, 1.82) is 0 Å². The Kier molecular flexibility index (Phi) is 5.05. The third kappa shape index (κ3) is 3.99. The fraction of sp³-hybridized carbons (Fsp3) is 0.250. The summed E-state index contributed by atoms with van der Waals surface area (Å²) in [5, 5.41) is 18.3. The Labute approximate surface area is 125 Å². The first-order valence-corrected chi connectivity index (χ1v) is 6.56. The van der Waals surface area contributed by atoms with Crippen molar-refractivity contribution >= 4 is 0 Å². The minimum Gasteiger partial charge on any atom is -0.489 e. The fourth-order valence-corrected chi connectivity index (χ4v) is 1.95. The molecule has 0 aliphatic rings. The zero-order valence-corrected chi connectivity index (χ0v) is 11.6. The second-order valence-electron chi connectivity index (χ2n) is 4.73. The summed E-state index contributed by atoms with van der Waals surface area (Å²) >= 11 is 0. The van der Waals surface area contributed by atoms with Crippen molar-refractivity contribution in [1.82, 2.24) is 0 Å². The van der Waals surface area contributed by atoms with Crippen LogP contribution >= 0.6 is 0 Å². The number of hydrogen-bond acceptors (Lipinski definition) is 3. The molecule has 6 heteroatoms. The maximum absolute atomic E-state index is 12.4. The lowest BCUT2D eigenvalue weighted by atomic mass is 10.1. The van der Waals surface area contributed by atoms with E-state index in [1.54, 1.807) is 18.2 Å². The molecule has 2 N–H and O–H groups in total. The van der Waals surface area contributed by atoms with Gasteiger partial charge in [0, 0.05) is 0 Å². The second kappa shape index (κ2) is 6.81. The summed E-state index contributed by atoms with van der Waals surface area (Å²) in [5.74, 6) is 0.473. The van der Waals surface area contributed by atoms with Crippen molar-refractivity contribution in [2.75, 3.05) is 0 Å². The lowest BCUT2D eigenvalue weighted by Gasteiger charge is -2.11. The van der Waals surface area contributed by atoms with Crippen LogP contribution in [-0.2, 0) is 26.0 Å². The first kappa shape index (κ1) is 16.3. The maximum atomic E-state index is 12.4. The van der Waals surface area contributed by atoms with Crippen LogP contribution in [0, 0.1) is 0 Å². The van der Waals surface area contributed by atoms with Gasteiger partial charge in [-0.25, -0.2) is 0 Å². The van der Waals surface area contributed by atoms with Crippen molar-refractivity contribution in [3.63, 3.8) is 0 Å². The van der Waals surface area contributed by atoms with Gasteiger partial charge in [0.15, 0.2) is 0 Å². The van der Waals surface area contributed by atoms with E-state index in [9.17, 15) is 18.3 Å². The molecule has 0 heterocycles. The van der Waals surface area contributed by atoms with Gasteiger partial charge in [-0.3, -0.25) is 0 Å². The molecule has 0 bridgehead atoms. The number of ether oxygens (including phenoxy) is 1. The number of rotatable bonds is 5. The summed E-state index contributed by atoms with van der Waals surface area (Å²) in [5.41, 5.74) is 1.05. The van der Waals surface area contributed by atoms with Crippen LogP contribution in [0.4, 0.5) is 13.2 Å². The van der Waals surface area contributed by atoms with E-state index in [0.29, 0.717) is 22.4 Å². The number of benzene rings is 2. The summed E-state index contributed by atoms with van der Waals surface area (Å²) in [4.78, 5) is 0. The minimum absolute atomic E-state index is 0.113. The van der Waals surface area contributed by atoms with E-state index in [1.807, 2.05) is 0 Å². The molecule has 0 unspecified atom stereocenters. The first-order chi connectivity index (χ1) is 10.4. The Morgan fingerprint density at radius 1 is 0.864 bits per heavy atom. The molecule has 0 fully saturated rings. The Morgan fingerprint density at radius 3 is 2.05 bits per heavy atom. The summed E-state index contributed by atoms with van der Waals surface area (Å²) in [6, 6.07) is 9.59. The van der Waals surface area contributed by atoms with E-state index >= 15 is 0 Å². The van der Waals surface area contributed by atoms with E-state index in [0.717, 1.165) is 12.1 Å². The number of hydrogen-bond donors (Lipinski definition) is 2. The quantitative estimate of drug-likeness (QED) is 0.891. The van der Waals surface area contributed by atoms with Gasteiger partial charge in [0.1, 0.15) is 12.4 Å². The third-order valence-corrected chi connectivity index (χ3v) is 3.21. The van der Waals surface area contributed by atoms with Gasteiger partial charge in [0.05, 0.1) is 18.8 Å². The van der Waals surface area contributed by atoms with Gasteiger partial charge in [-0.15, -0.1) is 0 Å². The summed E-state index contributed by atoms with van der Waals surface area (Å²) < 4.78 is 42.8. The minimum atomic E-state index is -4.35. The Balaban J connectivity index is 2.04. The smallest absolute Gasteiger partial charge is 0.416 e. The maximum Gasteiger partial charge on any atom is 0.416 e. The average Bonchev–Trinajstić information content (AvgIpc) is 2.52. The van der Waals surface area contributed by atoms with E-state index in [2.05, 4.69) is 0 Å². The molecule has 2 rings (SSSR count). The zero-order valence-electron chi connectivity index (χ0n) is 11.6. The first-order valence-electron chi connectivity index (χ1n) is 6.56. The van der Waals surface area contributed by atoms with Gasteiger partial charge >= 0.3 is 6.18 Å². The van der Waals surface area contributed by atoms with Crippen LogP contribution in [0.3, 0.4) is 0 Å². The highest BCUT2D eigenvalue weighted by molar-refractivity contribution is 5.35. The summed E-state index contributed by atoms with van der Waals surface area (Å²) in [6.07, 6.45) is -4.35. The van der Waals surface area contributed by atoms with Crippen molar-refractivity contribution < 1.29 is 28.1 Å². The molecule has 0 spiro atoms. The standard InChI is InChI=1S/C16H15F3O3/c17-16(18,19)14-4-1-11(2-5-14)10-22-15-6-3-12(8-20)13(7-15)9-21/h1-7,20-21H,8-10H2. The van der Waals surface area contributed by atoms with E-state index in [-0.39, 0.29) is 19.8 Å². The summed E-state index contributed by atoms with van der Waals surface area (Å²) in [6.45, 7) is -0.302. The SMILES string of the molecule is OCc1ccc(OCc2ccc(C(F)(F)F)cc2)cc1CO. The normalized spacial score (nSPS) is 11.5. The van der Waals surface area contributed by atoms with Crippen LogP contribution in [-0.4, -0.2) is 10.2 Å². The molecule has 0 radical (unpaired) electrons. The highest BCUT2D eigenvalue weighted by Crippen LogP contribution is 2.29. The van der Waals surface area contributed by atoms with Crippen LogP contribution in [0.2, 0.25) is 0 Å². The number of halogens is 3. The second-order valence-corrected chi connectivity index (χ2v) is 4.73. The van der Waals surface area contributed by atoms with Gasteiger partial charge in [-0.1, -0.05) is 18.2 Å². The van der Waals surface area contributed by atoms with Crippen molar-refractivity contribution in [3.05, 3.63) is 64.7 Å². The van der Waals surface area contributed by atoms with Crippen LogP contribution in [0.25, 0.3) is 0 Å². The average molecular weight is 312 g/mol. The van der Waals surface area contributed by atoms with Crippen molar-refractivity contribution in [2.45, 2.75) is 26.0 Å². The molecule has 0 amide bonds. The predicted molar refractivity (Wildman–Crippen MR) is 74.1 cm³/mol. The third-order valence-electron chi connectivity index (χ3n) is 3.21. The number of aliphatic hydroxyl groups is 2. The van der Waals surface area contributed by atoms with E-state index in [1.165, 1.54) is 12.1 Å². The molecular formula is C16H15F3O3. The van der Waals surface area contributed by atoms with Gasteiger partial charge in [-0.2, -0.15) is 13.2 Å². The van der Waals surface area contributed by atoms with Crippen LogP contribution in [0.1, 0.15) is 22.3 Å².